The second kappa shape index (κ2) is 39.1. The van der Waals surface area contributed by atoms with Crippen LogP contribution >= 0.6 is 11.6 Å². The lowest BCUT2D eigenvalue weighted by Gasteiger charge is -2.36. The van der Waals surface area contributed by atoms with E-state index < -0.39 is 114 Å². The van der Waals surface area contributed by atoms with Crippen LogP contribution in [0.2, 0.25) is 5.02 Å². The van der Waals surface area contributed by atoms with Gasteiger partial charge in [-0.1, -0.05) is 41.9 Å². The number of carbonyl (C=O) groups is 6. The summed E-state index contributed by atoms with van der Waals surface area (Å²) in [7, 11) is -12.4. The fourth-order valence-electron chi connectivity index (χ4n) is 11.1. The first kappa shape index (κ1) is 81.4. The third-order valence-corrected chi connectivity index (χ3v) is 18.8. The van der Waals surface area contributed by atoms with Crippen LogP contribution in [0.3, 0.4) is 0 Å². The summed E-state index contributed by atoms with van der Waals surface area (Å²) < 4.78 is 118. The Bertz CT molecular complexity index is 4000. The monoisotopic (exact) mass is 1490 g/mol. The van der Waals surface area contributed by atoms with Crippen molar-refractivity contribution in [2.24, 2.45) is 10.1 Å². The molecule has 1 unspecified atom stereocenters. The standard InChI is InChI=1S/C63H84ClN13O21S3/c1-42-46(38-97-57-29-56(96-37-45-27-44(30-65)31-68-32-45)47(28-51(57)64)33-70-52(40-100(90,91)92)61(83)69-14-26-99(87,88)89)7-4-8-49(42)50-9-5-10-55(43(50)2)98-39-48(72-66-3)34-67-13-6-15-73-18-24-77(25-19-73)62(84)53(41-101(93,94)95)71-58(78)12-11-54(63(85)86)76-22-20-74(35-59(79)80)16-17-75(21-23-76)36-60(81)82/h4-5,7-10,27-29,31-32,34,52-54,66,70H,6,11-26,33,35-41H2,1-3H3,(H,69,83)(H,71,78)(H,79,80)(H,81,82)(H,85,86)(H,87,88,89)(H,90,91,92)(H,93,94,95)/t52-,53-,54?/m0/s1. The number of piperazine rings is 1. The zero-order valence-corrected chi connectivity index (χ0v) is 59.0. The lowest BCUT2D eigenvalue weighted by atomic mass is 9.93. The molecule has 0 bridgehead atoms. The molecule has 101 heavy (non-hydrogen) atoms. The number of halogens is 1. The van der Waals surface area contributed by atoms with Gasteiger partial charge in [0.15, 0.2) is 0 Å². The Balaban J connectivity index is 1.02. The first-order chi connectivity index (χ1) is 47.8. The highest BCUT2D eigenvalue weighted by Crippen LogP contribution is 2.37. The Morgan fingerprint density at radius 3 is 1.95 bits per heavy atom. The Kier molecular flexibility index (Phi) is 31.5. The van der Waals surface area contributed by atoms with E-state index in [1.54, 1.807) is 29.1 Å². The quantitative estimate of drug-likeness (QED) is 0.0127. The number of nitrogens with one attached hydrogen (secondary N) is 4. The molecule has 3 atom stereocenters. The lowest BCUT2D eigenvalue weighted by molar-refractivity contribution is -0.145. The number of ether oxygens (including phenoxy) is 3. The number of aromatic nitrogens is 1. The number of hydrogen-bond acceptors (Lipinski definition) is 25. The number of carboxylic acids is 3. The number of carbonyl (C=O) groups excluding carboxylic acids is 3. The zero-order chi connectivity index (χ0) is 74.0. The summed E-state index contributed by atoms with van der Waals surface area (Å²) >= 11 is 6.81. The molecule has 2 aliphatic rings. The van der Waals surface area contributed by atoms with Gasteiger partial charge in [-0.3, -0.25) is 72.0 Å². The van der Waals surface area contributed by atoms with Crippen LogP contribution in [-0.2, 0) is 78.9 Å². The van der Waals surface area contributed by atoms with Crippen LogP contribution in [0.5, 0.6) is 17.2 Å². The molecule has 2 fully saturated rings. The van der Waals surface area contributed by atoms with Crippen LogP contribution in [0.25, 0.3) is 11.1 Å². The molecule has 3 heterocycles. The predicted octanol–water partition coefficient (Wildman–Crippen LogP) is 0.653. The minimum Gasteiger partial charge on any atom is -0.488 e. The van der Waals surface area contributed by atoms with Gasteiger partial charge in [0.2, 0.25) is 17.7 Å². The van der Waals surface area contributed by atoms with E-state index in [-0.39, 0.29) is 120 Å². The number of amides is 3. The van der Waals surface area contributed by atoms with Gasteiger partial charge in [0.1, 0.15) is 72.7 Å². The molecular weight excluding hydrogens is 1410 g/mol. The molecule has 38 heteroatoms. The number of pyridine rings is 1. The molecule has 552 valence electrons. The maximum Gasteiger partial charge on any atom is 0.320 e. The van der Waals surface area contributed by atoms with Gasteiger partial charge < -0.3 is 55.8 Å². The van der Waals surface area contributed by atoms with Crippen LogP contribution < -0.4 is 35.6 Å². The first-order valence-electron chi connectivity index (χ1n) is 31.8. The molecule has 0 spiro atoms. The van der Waals surface area contributed by atoms with E-state index in [9.17, 15) is 83.7 Å². The van der Waals surface area contributed by atoms with Crippen molar-refractivity contribution in [1.82, 2.24) is 50.9 Å². The fraction of sp³-hybridized carbons (Fsp3) is 0.492. The molecule has 4 aromatic rings. The van der Waals surface area contributed by atoms with Gasteiger partial charge in [-0.25, -0.2) is 0 Å². The zero-order valence-electron chi connectivity index (χ0n) is 55.8. The highest BCUT2D eigenvalue weighted by atomic mass is 35.5. The summed E-state index contributed by atoms with van der Waals surface area (Å²) in [5.74, 6) is -8.35. The number of hydrogen-bond donors (Lipinski definition) is 10. The number of aliphatic carboxylic acids is 3. The molecule has 2 saturated heterocycles. The van der Waals surface area contributed by atoms with Crippen molar-refractivity contribution in [2.75, 3.05) is 129 Å². The molecule has 6 rings (SSSR count). The Morgan fingerprint density at radius 1 is 0.723 bits per heavy atom. The maximum absolute atomic E-state index is 13.8. The van der Waals surface area contributed by atoms with Crippen LogP contribution in [0.15, 0.2) is 77.1 Å². The third-order valence-electron chi connectivity index (χ3n) is 16.3. The average molecular weight is 1490 g/mol. The maximum atomic E-state index is 13.8. The SMILES string of the molecule is CNN=C(C=NCCCN1CCN(C(=O)[C@H](CS(=O)(=O)O)NC(=O)CCC(C(=O)O)N2CCN(CC(=O)O)CCN(CC(=O)O)CC2)CC1)COc1cccc(-c2cccc(COc3cc(OCc4cncc(C#N)c4)c(CN[C@@H](CS(=O)(=O)O)C(=O)NCCS(=O)(=O)O)cc3Cl)c2C)c1C. The minimum atomic E-state index is -4.80. The summed E-state index contributed by atoms with van der Waals surface area (Å²) in [4.78, 5) is 92.5. The molecule has 34 nitrogen and oxygen atoms in total. The van der Waals surface area contributed by atoms with Crippen LogP contribution in [0.1, 0.15) is 52.6 Å². The number of nitrogens with zero attached hydrogens (tertiary/aromatic N) is 9. The predicted molar refractivity (Wildman–Crippen MR) is 369 cm³/mol. The van der Waals surface area contributed by atoms with E-state index in [2.05, 4.69) is 41.4 Å². The normalized spacial score (nSPS) is 15.8. The summed E-state index contributed by atoms with van der Waals surface area (Å²) in [5, 5.41) is 50.3. The van der Waals surface area contributed by atoms with Crippen molar-refractivity contribution < 1.29 is 97.2 Å². The summed E-state index contributed by atoms with van der Waals surface area (Å²) in [5.41, 5.74) is 8.52. The van der Waals surface area contributed by atoms with Crippen molar-refractivity contribution in [3.63, 3.8) is 0 Å². The number of nitriles is 1. The van der Waals surface area contributed by atoms with Crippen molar-refractivity contribution in [3.8, 4) is 34.4 Å². The molecule has 1 aromatic heterocycles. The highest BCUT2D eigenvalue weighted by molar-refractivity contribution is 7.86. The third kappa shape index (κ3) is 28.1. The lowest BCUT2D eigenvalue weighted by Crippen LogP contribution is -2.56. The topological polar surface area (TPSA) is 480 Å². The van der Waals surface area contributed by atoms with Crippen molar-refractivity contribution in [2.45, 2.75) is 71.0 Å². The number of hydrazone groups is 1. The van der Waals surface area contributed by atoms with E-state index in [0.29, 0.717) is 55.2 Å². The molecule has 10 N–H and O–H groups in total. The minimum absolute atomic E-state index is 0.0135. The second-order valence-electron chi connectivity index (χ2n) is 23.7. The van der Waals surface area contributed by atoms with Gasteiger partial charge >= 0.3 is 17.9 Å². The fourth-order valence-corrected chi connectivity index (χ4v) is 13.0. The first-order valence-corrected chi connectivity index (χ1v) is 37.0. The number of rotatable bonds is 38. The summed E-state index contributed by atoms with van der Waals surface area (Å²) in [6.07, 6.45) is 4.29. The Hall–Kier alpha value is -8.52. The van der Waals surface area contributed by atoms with Gasteiger partial charge in [-0.2, -0.15) is 35.6 Å². The number of benzene rings is 3. The van der Waals surface area contributed by atoms with Crippen molar-refractivity contribution >= 4 is 89.5 Å². The average Bonchev–Trinajstić information content (AvgIpc) is 1.00. The van der Waals surface area contributed by atoms with Gasteiger partial charge in [0.05, 0.1) is 35.2 Å². The highest BCUT2D eigenvalue weighted by Gasteiger charge is 2.34. The number of aliphatic imine (C=N–C) groups is 1. The Labute approximate surface area is 589 Å². The molecule has 0 saturated carbocycles. The summed E-state index contributed by atoms with van der Waals surface area (Å²) in [6.45, 7) is 5.14. The van der Waals surface area contributed by atoms with Gasteiger partial charge in [-0.15, -0.1) is 0 Å². The van der Waals surface area contributed by atoms with Crippen molar-refractivity contribution in [1.29, 1.82) is 5.26 Å². The smallest absolute Gasteiger partial charge is 0.320 e. The molecular formula is C63H84ClN13O21S3. The molecule has 0 aliphatic carbocycles. The van der Waals surface area contributed by atoms with E-state index in [4.69, 9.17) is 30.4 Å². The molecule has 0 radical (unpaired) electrons. The van der Waals surface area contributed by atoms with Crippen LogP contribution in [0, 0.1) is 25.2 Å². The largest absolute Gasteiger partial charge is 0.488 e. The Morgan fingerprint density at radius 2 is 1.34 bits per heavy atom. The van der Waals surface area contributed by atoms with E-state index in [1.807, 2.05) is 56.3 Å². The van der Waals surface area contributed by atoms with Gasteiger partial charge in [0, 0.05) is 141 Å². The van der Waals surface area contributed by atoms with Gasteiger partial charge in [0.25, 0.3) is 30.4 Å². The number of carboxylic acid groups (broad SMARTS) is 3. The van der Waals surface area contributed by atoms with Gasteiger partial charge in [-0.05, 0) is 72.7 Å². The van der Waals surface area contributed by atoms with Crippen LogP contribution in [-0.4, -0.2) is 278 Å². The molecule has 3 aromatic carbocycles. The van der Waals surface area contributed by atoms with Crippen LogP contribution in [0.4, 0.5) is 0 Å². The molecule has 3 amide bonds. The summed E-state index contributed by atoms with van der Waals surface area (Å²) in [6, 6.07) is 13.3. The second-order valence-corrected chi connectivity index (χ2v) is 28.7. The van der Waals surface area contributed by atoms with E-state index >= 15 is 0 Å². The molecule has 2 aliphatic heterocycles. The van der Waals surface area contributed by atoms with E-state index in [0.717, 1.165) is 27.8 Å². The van der Waals surface area contributed by atoms with Crippen molar-refractivity contribution in [3.05, 3.63) is 105 Å². The van der Waals surface area contributed by atoms with E-state index in [1.165, 1.54) is 34.3 Å².